The molecule has 3 aliphatic rings. The van der Waals surface area contributed by atoms with E-state index in [9.17, 15) is 13.6 Å². The van der Waals surface area contributed by atoms with E-state index in [1.54, 1.807) is 0 Å². The Labute approximate surface area is 207 Å². The van der Waals surface area contributed by atoms with E-state index in [-0.39, 0.29) is 0 Å². The third-order valence-corrected chi connectivity index (χ3v) is 9.20. The lowest BCUT2D eigenvalue weighted by Gasteiger charge is -2.31. The minimum absolute atomic E-state index is 0.375. The molecule has 2 fully saturated rings. The fourth-order valence-corrected chi connectivity index (χ4v) is 6.93. The van der Waals surface area contributed by atoms with Gasteiger partial charge in [-0.15, -0.1) is 0 Å². The summed E-state index contributed by atoms with van der Waals surface area (Å²) in [7, 11) is 0. The van der Waals surface area contributed by atoms with Crippen LogP contribution >= 0.6 is 11.3 Å². The number of hydrogen-bond acceptors (Lipinski definition) is 5. The maximum atomic E-state index is 13.0. The number of ketones is 1. The lowest BCUT2D eigenvalue weighted by molar-refractivity contribution is -0.120. The SMILES string of the molecule is CC(F)(F)COc1nc2c(s1)CCN(CCC1CCC(CC(=O)CCC3CCCCC3)CC1)C2. The molecule has 0 bridgehead atoms. The van der Waals surface area contributed by atoms with Crippen LogP contribution in [0.15, 0.2) is 0 Å². The summed E-state index contributed by atoms with van der Waals surface area (Å²) >= 11 is 1.42. The summed E-state index contributed by atoms with van der Waals surface area (Å²) in [5.74, 6) is -0.150. The minimum Gasteiger partial charge on any atom is -0.464 e. The van der Waals surface area contributed by atoms with Crippen LogP contribution in [0.2, 0.25) is 0 Å². The summed E-state index contributed by atoms with van der Waals surface area (Å²) in [5, 5.41) is 0.375. The number of ether oxygens (including phenoxy) is 1. The quantitative estimate of drug-likeness (QED) is 0.329. The Morgan fingerprint density at radius 1 is 1.06 bits per heavy atom. The van der Waals surface area contributed by atoms with Gasteiger partial charge in [-0.3, -0.25) is 9.69 Å². The molecule has 2 aliphatic carbocycles. The lowest BCUT2D eigenvalue weighted by Crippen LogP contribution is -2.32. The van der Waals surface area contributed by atoms with Crippen molar-refractivity contribution in [3.8, 4) is 5.19 Å². The van der Waals surface area contributed by atoms with Crippen LogP contribution < -0.4 is 4.74 Å². The largest absolute Gasteiger partial charge is 0.464 e. The van der Waals surface area contributed by atoms with Crippen molar-refractivity contribution in [2.24, 2.45) is 17.8 Å². The molecule has 0 radical (unpaired) electrons. The van der Waals surface area contributed by atoms with Crippen molar-refractivity contribution in [2.45, 2.75) is 109 Å². The van der Waals surface area contributed by atoms with E-state index < -0.39 is 12.5 Å². The van der Waals surface area contributed by atoms with Gasteiger partial charge >= 0.3 is 0 Å². The van der Waals surface area contributed by atoms with Gasteiger partial charge in [-0.1, -0.05) is 56.3 Å². The number of carbonyl (C=O) groups excluding carboxylic acids is 1. The molecule has 0 spiro atoms. The van der Waals surface area contributed by atoms with Crippen LogP contribution in [-0.4, -0.2) is 41.3 Å². The van der Waals surface area contributed by atoms with Crippen LogP contribution in [0.5, 0.6) is 5.19 Å². The highest BCUT2D eigenvalue weighted by Crippen LogP contribution is 2.35. The van der Waals surface area contributed by atoms with Crippen LogP contribution in [-0.2, 0) is 17.8 Å². The maximum Gasteiger partial charge on any atom is 0.278 e. The van der Waals surface area contributed by atoms with Gasteiger partial charge in [0, 0.05) is 37.7 Å². The number of carbonyl (C=O) groups is 1. The lowest BCUT2D eigenvalue weighted by atomic mass is 9.78. The Morgan fingerprint density at radius 2 is 1.76 bits per heavy atom. The second-order valence-electron chi connectivity index (χ2n) is 11.2. The number of hydrogen-bond donors (Lipinski definition) is 0. The summed E-state index contributed by atoms with van der Waals surface area (Å²) < 4.78 is 31.3. The predicted molar refractivity (Wildman–Crippen MR) is 133 cm³/mol. The van der Waals surface area contributed by atoms with Crippen molar-refractivity contribution in [1.29, 1.82) is 0 Å². The predicted octanol–water partition coefficient (Wildman–Crippen LogP) is 7.05. The second kappa shape index (κ2) is 12.2. The van der Waals surface area contributed by atoms with Crippen molar-refractivity contribution >= 4 is 17.1 Å². The molecule has 7 heteroatoms. The molecule has 192 valence electrons. The van der Waals surface area contributed by atoms with Crippen molar-refractivity contribution < 1.29 is 18.3 Å². The molecule has 4 rings (SSSR count). The number of aromatic nitrogens is 1. The van der Waals surface area contributed by atoms with Gasteiger partial charge < -0.3 is 4.74 Å². The summed E-state index contributed by atoms with van der Waals surface area (Å²) in [6, 6.07) is 0. The molecular weight excluding hydrogens is 454 g/mol. The van der Waals surface area contributed by atoms with E-state index in [0.717, 1.165) is 69.8 Å². The summed E-state index contributed by atoms with van der Waals surface area (Å²) in [6.45, 7) is 3.12. The van der Waals surface area contributed by atoms with Crippen LogP contribution in [0.4, 0.5) is 8.78 Å². The number of halogens is 2. The summed E-state index contributed by atoms with van der Waals surface area (Å²) in [6.07, 6.45) is 16.6. The average molecular weight is 497 g/mol. The Balaban J connectivity index is 1.11. The van der Waals surface area contributed by atoms with Gasteiger partial charge in [0.1, 0.15) is 5.78 Å². The first-order valence-electron chi connectivity index (χ1n) is 13.6. The Hall–Kier alpha value is -1.08. The molecule has 1 aliphatic heterocycles. The van der Waals surface area contributed by atoms with Crippen LogP contribution in [0.1, 0.15) is 101 Å². The summed E-state index contributed by atoms with van der Waals surface area (Å²) in [4.78, 5) is 20.6. The number of fused-ring (bicyclic) bond motifs is 1. The molecular formula is C27H42F2N2O2S. The molecule has 0 N–H and O–H groups in total. The van der Waals surface area contributed by atoms with Crippen molar-refractivity contribution in [1.82, 2.24) is 9.88 Å². The van der Waals surface area contributed by atoms with E-state index in [4.69, 9.17) is 4.74 Å². The van der Waals surface area contributed by atoms with E-state index in [2.05, 4.69) is 9.88 Å². The average Bonchev–Trinajstić information content (AvgIpc) is 3.24. The second-order valence-corrected chi connectivity index (χ2v) is 12.2. The molecule has 0 saturated heterocycles. The Bertz CT molecular complexity index is 780. The highest BCUT2D eigenvalue weighted by molar-refractivity contribution is 7.13. The number of Topliss-reactive ketones (excluding diaryl/α,β-unsaturated/α-hetero) is 1. The standard InChI is InChI=1S/C27H42F2N2O2S/c1-27(28,29)19-33-26-30-24-18-31(16-14-25(24)34-26)15-13-21-7-9-22(10-8-21)17-23(32)12-11-20-5-3-2-4-6-20/h20-22H,2-19H2,1H3. The van der Waals surface area contributed by atoms with Crippen molar-refractivity contribution in [3.05, 3.63) is 10.6 Å². The summed E-state index contributed by atoms with van der Waals surface area (Å²) in [5.41, 5.74) is 1.00. The first kappa shape index (κ1) is 26.0. The van der Waals surface area contributed by atoms with E-state index in [0.29, 0.717) is 16.9 Å². The Kier molecular flexibility index (Phi) is 9.36. The van der Waals surface area contributed by atoms with E-state index in [1.807, 2.05) is 0 Å². The zero-order chi connectivity index (χ0) is 24.0. The van der Waals surface area contributed by atoms with Gasteiger partial charge in [0.15, 0.2) is 6.61 Å². The zero-order valence-corrected chi connectivity index (χ0v) is 21.7. The number of nitrogens with zero attached hydrogens (tertiary/aromatic N) is 2. The number of thiazole rings is 1. The topological polar surface area (TPSA) is 42.4 Å². The third-order valence-electron chi connectivity index (χ3n) is 8.13. The third kappa shape index (κ3) is 8.25. The van der Waals surface area contributed by atoms with Gasteiger partial charge in [0.25, 0.3) is 11.1 Å². The van der Waals surface area contributed by atoms with E-state index >= 15 is 0 Å². The maximum absolute atomic E-state index is 13.0. The van der Waals surface area contributed by atoms with Gasteiger partial charge in [-0.25, -0.2) is 13.8 Å². The molecule has 2 saturated carbocycles. The molecule has 34 heavy (non-hydrogen) atoms. The number of alkyl halides is 2. The zero-order valence-electron chi connectivity index (χ0n) is 20.8. The normalized spacial score (nSPS) is 24.7. The Morgan fingerprint density at radius 3 is 2.50 bits per heavy atom. The molecule has 0 atom stereocenters. The van der Waals surface area contributed by atoms with Crippen molar-refractivity contribution in [2.75, 3.05) is 19.7 Å². The fraction of sp³-hybridized carbons (Fsp3) is 0.852. The van der Waals surface area contributed by atoms with Gasteiger partial charge in [-0.2, -0.15) is 0 Å². The highest BCUT2D eigenvalue weighted by Gasteiger charge is 2.27. The molecule has 0 unspecified atom stereocenters. The molecule has 1 aromatic heterocycles. The van der Waals surface area contributed by atoms with Crippen molar-refractivity contribution in [3.63, 3.8) is 0 Å². The van der Waals surface area contributed by atoms with Crippen LogP contribution in [0.25, 0.3) is 0 Å². The van der Waals surface area contributed by atoms with Gasteiger partial charge in [0.2, 0.25) is 0 Å². The van der Waals surface area contributed by atoms with E-state index in [1.165, 1.54) is 80.4 Å². The highest BCUT2D eigenvalue weighted by atomic mass is 32.1. The smallest absolute Gasteiger partial charge is 0.278 e. The number of rotatable bonds is 11. The van der Waals surface area contributed by atoms with Gasteiger partial charge in [-0.05, 0) is 56.4 Å². The van der Waals surface area contributed by atoms with Crippen LogP contribution in [0, 0.1) is 17.8 Å². The minimum atomic E-state index is -2.83. The first-order chi connectivity index (χ1) is 16.3. The monoisotopic (exact) mass is 496 g/mol. The van der Waals surface area contributed by atoms with Gasteiger partial charge in [0.05, 0.1) is 5.69 Å². The van der Waals surface area contributed by atoms with Crippen LogP contribution in [0.3, 0.4) is 0 Å². The molecule has 2 heterocycles. The molecule has 1 aromatic rings. The first-order valence-corrected chi connectivity index (χ1v) is 14.4. The molecule has 0 amide bonds. The molecule has 0 aromatic carbocycles. The molecule has 4 nitrogen and oxygen atoms in total. The fourth-order valence-electron chi connectivity index (χ4n) is 6.02.